The number of nitrogens with one attached hydrogen (secondary N) is 2. The van der Waals surface area contributed by atoms with E-state index < -0.39 is 0 Å². The average molecular weight is 395 g/mol. The van der Waals surface area contributed by atoms with Gasteiger partial charge in [-0.05, 0) is 31.4 Å². The van der Waals surface area contributed by atoms with Gasteiger partial charge in [0.25, 0.3) is 0 Å². The van der Waals surface area contributed by atoms with Gasteiger partial charge in [0.05, 0.1) is 6.54 Å². The van der Waals surface area contributed by atoms with Gasteiger partial charge in [-0.15, -0.1) is 0 Å². The lowest BCUT2D eigenvalue weighted by atomic mass is 10.0. The molecule has 29 heavy (non-hydrogen) atoms. The Morgan fingerprint density at radius 3 is 2.59 bits per heavy atom. The van der Waals surface area contributed by atoms with E-state index in [4.69, 9.17) is 4.99 Å². The molecular weight excluding hydrogens is 360 g/mol. The fourth-order valence-electron chi connectivity index (χ4n) is 3.71. The highest BCUT2D eigenvalue weighted by Gasteiger charge is 2.20. The number of nitrogens with zero attached hydrogens (tertiary/aromatic N) is 4. The lowest BCUT2D eigenvalue weighted by Crippen LogP contribution is -2.48. The Morgan fingerprint density at radius 1 is 1.14 bits per heavy atom. The van der Waals surface area contributed by atoms with Gasteiger partial charge in [0.15, 0.2) is 5.96 Å². The molecule has 6 heteroatoms. The van der Waals surface area contributed by atoms with E-state index in [1.807, 2.05) is 31.3 Å². The molecule has 156 valence electrons. The molecule has 0 amide bonds. The Labute approximate surface area is 175 Å². The molecule has 0 saturated carbocycles. The van der Waals surface area contributed by atoms with Gasteiger partial charge in [-0.3, -0.25) is 4.90 Å². The minimum absolute atomic E-state index is 0.460. The van der Waals surface area contributed by atoms with Gasteiger partial charge >= 0.3 is 0 Å². The van der Waals surface area contributed by atoms with Gasteiger partial charge in [0.1, 0.15) is 5.82 Å². The summed E-state index contributed by atoms with van der Waals surface area (Å²) in [6.45, 7) is 6.83. The number of guanidine groups is 1. The van der Waals surface area contributed by atoms with E-state index >= 15 is 0 Å². The van der Waals surface area contributed by atoms with E-state index in [9.17, 15) is 0 Å². The first-order valence-electron chi connectivity index (χ1n) is 10.6. The van der Waals surface area contributed by atoms with Crippen molar-refractivity contribution >= 4 is 11.8 Å². The molecule has 2 aromatic rings. The molecule has 1 aromatic heterocycles. The van der Waals surface area contributed by atoms with Crippen molar-refractivity contribution in [1.29, 1.82) is 0 Å². The van der Waals surface area contributed by atoms with Gasteiger partial charge in [-0.1, -0.05) is 36.4 Å². The van der Waals surface area contributed by atoms with Crippen molar-refractivity contribution in [3.05, 3.63) is 59.8 Å². The average Bonchev–Trinajstić information content (AvgIpc) is 2.74. The van der Waals surface area contributed by atoms with Crippen molar-refractivity contribution in [2.45, 2.75) is 38.9 Å². The minimum Gasteiger partial charge on any atom is -0.362 e. The fourth-order valence-corrected chi connectivity index (χ4v) is 3.71. The molecule has 1 fully saturated rings. The molecule has 0 unspecified atom stereocenters. The molecule has 0 aliphatic carbocycles. The lowest BCUT2D eigenvalue weighted by Gasteiger charge is -2.33. The van der Waals surface area contributed by atoms with Crippen LogP contribution in [0.5, 0.6) is 0 Å². The molecule has 2 heterocycles. The number of aliphatic imine (C=N–C) groups is 1. The smallest absolute Gasteiger partial charge is 0.191 e. The highest BCUT2D eigenvalue weighted by molar-refractivity contribution is 5.80. The second-order valence-electron chi connectivity index (χ2n) is 7.76. The number of hydrogen-bond donors (Lipinski definition) is 2. The summed E-state index contributed by atoms with van der Waals surface area (Å²) < 4.78 is 0. The van der Waals surface area contributed by atoms with E-state index in [2.05, 4.69) is 63.8 Å². The fraction of sp³-hybridized carbons (Fsp3) is 0.478. The highest BCUT2D eigenvalue weighted by Crippen LogP contribution is 2.16. The van der Waals surface area contributed by atoms with Crippen molar-refractivity contribution in [3.63, 3.8) is 0 Å². The monoisotopic (exact) mass is 394 g/mol. The number of benzene rings is 1. The number of hydrogen-bond acceptors (Lipinski definition) is 4. The summed E-state index contributed by atoms with van der Waals surface area (Å²) in [5.41, 5.74) is 2.52. The maximum absolute atomic E-state index is 4.82. The minimum atomic E-state index is 0.460. The summed E-state index contributed by atoms with van der Waals surface area (Å²) in [7, 11) is 4.03. The zero-order valence-corrected chi connectivity index (χ0v) is 17.9. The summed E-state index contributed by atoms with van der Waals surface area (Å²) in [4.78, 5) is 13.9. The Balaban J connectivity index is 1.54. The number of anilines is 1. The topological polar surface area (TPSA) is 55.8 Å². The molecule has 1 aromatic carbocycles. The lowest BCUT2D eigenvalue weighted by molar-refractivity contribution is 0.198. The first-order valence-corrected chi connectivity index (χ1v) is 10.6. The van der Waals surface area contributed by atoms with Crippen molar-refractivity contribution in [1.82, 2.24) is 20.5 Å². The van der Waals surface area contributed by atoms with E-state index in [1.165, 1.54) is 5.56 Å². The van der Waals surface area contributed by atoms with Crippen LogP contribution < -0.4 is 15.5 Å². The molecule has 1 aliphatic heterocycles. The van der Waals surface area contributed by atoms with E-state index in [-0.39, 0.29) is 0 Å². The maximum Gasteiger partial charge on any atom is 0.191 e. The Bertz CT molecular complexity index is 766. The molecule has 1 saturated heterocycles. The van der Waals surface area contributed by atoms with Gasteiger partial charge in [0.2, 0.25) is 0 Å². The first kappa shape index (κ1) is 21.1. The summed E-state index contributed by atoms with van der Waals surface area (Å²) in [5, 5.41) is 7.03. The standard InChI is InChI=1S/C23H34N6/c1-4-24-23(26-17-20-11-8-14-25-22(20)28(2)3)27-21-12-15-29(16-13-21)18-19-9-6-5-7-10-19/h5-11,14,21H,4,12-13,15-18H2,1-3H3,(H2,24,26,27). The van der Waals surface area contributed by atoms with Crippen LogP contribution in [0.25, 0.3) is 0 Å². The Kier molecular flexibility index (Phi) is 7.87. The van der Waals surface area contributed by atoms with Crippen LogP contribution in [0.3, 0.4) is 0 Å². The SMILES string of the molecule is CCNC(=NCc1cccnc1N(C)C)NC1CCN(Cc2ccccc2)CC1. The predicted octanol–water partition coefficient (Wildman–Crippen LogP) is 2.87. The van der Waals surface area contributed by atoms with E-state index in [0.717, 1.165) is 56.4 Å². The number of likely N-dealkylation sites (tertiary alicyclic amines) is 1. The number of rotatable bonds is 7. The molecule has 6 nitrogen and oxygen atoms in total. The Hall–Kier alpha value is -2.60. The maximum atomic E-state index is 4.82. The van der Waals surface area contributed by atoms with Crippen LogP contribution in [-0.2, 0) is 13.1 Å². The zero-order valence-electron chi connectivity index (χ0n) is 17.9. The van der Waals surface area contributed by atoms with Gasteiger partial charge in [-0.25, -0.2) is 9.98 Å². The third-order valence-electron chi connectivity index (χ3n) is 5.22. The normalized spacial score (nSPS) is 15.9. The van der Waals surface area contributed by atoms with Crippen molar-refractivity contribution < 1.29 is 0 Å². The van der Waals surface area contributed by atoms with Gasteiger partial charge in [0, 0.05) is 58.1 Å². The van der Waals surface area contributed by atoms with Gasteiger partial charge < -0.3 is 15.5 Å². The molecule has 0 radical (unpaired) electrons. The number of aromatic nitrogens is 1. The third-order valence-corrected chi connectivity index (χ3v) is 5.22. The second-order valence-corrected chi connectivity index (χ2v) is 7.76. The summed E-state index contributed by atoms with van der Waals surface area (Å²) in [6.07, 6.45) is 4.09. The quantitative estimate of drug-likeness (QED) is 0.559. The van der Waals surface area contributed by atoms with E-state index in [0.29, 0.717) is 12.6 Å². The third kappa shape index (κ3) is 6.46. The molecule has 0 spiro atoms. The summed E-state index contributed by atoms with van der Waals surface area (Å²) >= 11 is 0. The van der Waals surface area contributed by atoms with E-state index in [1.54, 1.807) is 0 Å². The number of piperidine rings is 1. The number of pyridine rings is 1. The molecule has 2 N–H and O–H groups in total. The first-order chi connectivity index (χ1) is 14.2. The van der Waals surface area contributed by atoms with Crippen molar-refractivity contribution in [2.24, 2.45) is 4.99 Å². The predicted molar refractivity (Wildman–Crippen MR) is 121 cm³/mol. The van der Waals surface area contributed by atoms with Crippen LogP contribution in [0.4, 0.5) is 5.82 Å². The largest absolute Gasteiger partial charge is 0.362 e. The van der Waals surface area contributed by atoms with Crippen LogP contribution in [0, 0.1) is 0 Å². The summed E-state index contributed by atoms with van der Waals surface area (Å²) in [6, 6.07) is 15.3. The van der Waals surface area contributed by atoms with Gasteiger partial charge in [-0.2, -0.15) is 0 Å². The van der Waals surface area contributed by atoms with Crippen molar-refractivity contribution in [2.75, 3.05) is 38.6 Å². The van der Waals surface area contributed by atoms with Crippen LogP contribution >= 0.6 is 0 Å². The molecule has 0 bridgehead atoms. The van der Waals surface area contributed by atoms with Crippen LogP contribution in [-0.4, -0.2) is 55.6 Å². The molecular formula is C23H34N6. The van der Waals surface area contributed by atoms with Crippen LogP contribution in [0.1, 0.15) is 30.9 Å². The van der Waals surface area contributed by atoms with Crippen LogP contribution in [0.2, 0.25) is 0 Å². The molecule has 0 atom stereocenters. The highest BCUT2D eigenvalue weighted by atomic mass is 15.2. The zero-order chi connectivity index (χ0) is 20.5. The Morgan fingerprint density at radius 2 is 1.90 bits per heavy atom. The van der Waals surface area contributed by atoms with Crippen molar-refractivity contribution in [3.8, 4) is 0 Å². The molecule has 1 aliphatic rings. The van der Waals surface area contributed by atoms with Crippen LogP contribution in [0.15, 0.2) is 53.7 Å². The summed E-state index contributed by atoms with van der Waals surface area (Å²) in [5.74, 6) is 1.86. The second kappa shape index (κ2) is 10.8. The molecule has 3 rings (SSSR count).